The summed E-state index contributed by atoms with van der Waals surface area (Å²) in [5.74, 6) is 0.750. The maximum atomic E-state index is 5.94. The molecule has 0 aromatic carbocycles. The average Bonchev–Trinajstić information content (AvgIpc) is 2.22. The molecule has 0 radical (unpaired) electrons. The van der Waals surface area contributed by atoms with E-state index in [1.807, 2.05) is 0 Å². The molecule has 1 unspecified atom stereocenters. The zero-order chi connectivity index (χ0) is 12.0. The van der Waals surface area contributed by atoms with Crippen molar-refractivity contribution in [2.24, 2.45) is 28.9 Å². The van der Waals surface area contributed by atoms with Crippen molar-refractivity contribution < 1.29 is 0 Å². The third kappa shape index (κ3) is 4.40. The lowest BCUT2D eigenvalue weighted by Crippen LogP contribution is -2.48. The van der Waals surface area contributed by atoms with Crippen LogP contribution in [0, 0.1) is 5.92 Å². The highest BCUT2D eigenvalue weighted by atomic mass is 15.3. The Morgan fingerprint density at radius 2 is 1.80 bits per heavy atom. The van der Waals surface area contributed by atoms with Crippen LogP contribution in [-0.2, 0) is 0 Å². The van der Waals surface area contributed by atoms with Crippen molar-refractivity contribution in [3.8, 4) is 0 Å². The average molecular weight is 215 g/mol. The Balaban J connectivity index is 4.47. The molecule has 0 aromatic heterocycles. The third-order valence-electron chi connectivity index (χ3n) is 2.64. The minimum Gasteiger partial charge on any atom is -0.399 e. The Kier molecular flexibility index (Phi) is 6.12. The largest absolute Gasteiger partial charge is 0.399 e. The highest BCUT2D eigenvalue weighted by molar-refractivity contribution is 5.09. The van der Waals surface area contributed by atoms with Crippen molar-refractivity contribution in [2.45, 2.75) is 39.4 Å². The zero-order valence-electron chi connectivity index (χ0n) is 10.0. The molecule has 5 nitrogen and oxygen atoms in total. The summed E-state index contributed by atoms with van der Waals surface area (Å²) in [5, 5.41) is 0. The lowest BCUT2D eigenvalue weighted by molar-refractivity contribution is 0.305. The van der Waals surface area contributed by atoms with E-state index in [0.29, 0.717) is 11.5 Å². The van der Waals surface area contributed by atoms with Gasteiger partial charge in [-0.25, -0.2) is 0 Å². The maximum Gasteiger partial charge on any atom is 0.130 e. The fraction of sp³-hybridized carbons (Fsp3) is 0.800. The van der Waals surface area contributed by atoms with Crippen molar-refractivity contribution in [2.75, 3.05) is 7.05 Å². The fourth-order valence-electron chi connectivity index (χ4n) is 1.28. The van der Waals surface area contributed by atoms with E-state index in [1.165, 1.54) is 0 Å². The number of hydrogen-bond donors (Lipinski definition) is 4. The van der Waals surface area contributed by atoms with Gasteiger partial charge < -0.3 is 16.4 Å². The number of unbranched alkanes of at least 4 members (excludes halogenated alkanes) is 1. The van der Waals surface area contributed by atoms with Crippen LogP contribution in [0.25, 0.3) is 0 Å². The second-order valence-electron chi connectivity index (χ2n) is 3.99. The van der Waals surface area contributed by atoms with Crippen molar-refractivity contribution in [1.29, 1.82) is 0 Å². The molecule has 0 aliphatic carbocycles. The van der Waals surface area contributed by atoms with Gasteiger partial charge in [0.1, 0.15) is 12.1 Å². The van der Waals surface area contributed by atoms with Gasteiger partial charge in [-0.1, -0.05) is 26.7 Å². The van der Waals surface area contributed by atoms with Gasteiger partial charge in [0.2, 0.25) is 0 Å². The Morgan fingerprint density at radius 3 is 2.20 bits per heavy atom. The lowest BCUT2D eigenvalue weighted by Gasteiger charge is -2.26. The summed E-state index contributed by atoms with van der Waals surface area (Å²) in [6, 6.07) is 0. The quantitative estimate of drug-likeness (QED) is 0.468. The summed E-state index contributed by atoms with van der Waals surface area (Å²) in [4.78, 5) is 1.58. The summed E-state index contributed by atoms with van der Waals surface area (Å²) in [6.07, 6.45) is 2.73. The summed E-state index contributed by atoms with van der Waals surface area (Å²) in [6.45, 7) is 4.21. The van der Waals surface area contributed by atoms with Gasteiger partial charge in [-0.15, -0.1) is 0 Å². The number of allylic oxidation sites excluding steroid dienone is 1. The lowest BCUT2D eigenvalue weighted by atomic mass is 10.0. The van der Waals surface area contributed by atoms with Crippen molar-refractivity contribution in [1.82, 2.24) is 4.90 Å². The molecule has 0 saturated carbocycles. The Hall–Kier alpha value is -0.940. The van der Waals surface area contributed by atoms with Gasteiger partial charge >= 0.3 is 0 Å². The SMILES string of the molecule is CCCCC(C)/C(N)=C(\N)N(C)C(N)N. The molecule has 1 atom stereocenters. The minimum absolute atomic E-state index is 0.270. The molecule has 0 aromatic rings. The normalized spacial score (nSPS) is 15.1. The number of hydrogen-bond acceptors (Lipinski definition) is 5. The van der Waals surface area contributed by atoms with Gasteiger partial charge in [-0.05, 0) is 12.3 Å². The van der Waals surface area contributed by atoms with Crippen molar-refractivity contribution in [3.63, 3.8) is 0 Å². The van der Waals surface area contributed by atoms with Gasteiger partial charge in [-0.3, -0.25) is 11.5 Å². The first-order chi connectivity index (χ1) is 6.91. The van der Waals surface area contributed by atoms with Crippen LogP contribution in [-0.4, -0.2) is 18.2 Å². The summed E-state index contributed by atoms with van der Waals surface area (Å²) >= 11 is 0. The van der Waals surface area contributed by atoms with Crippen LogP contribution in [0.2, 0.25) is 0 Å². The fourth-order valence-corrected chi connectivity index (χ4v) is 1.28. The first-order valence-corrected chi connectivity index (χ1v) is 5.40. The van der Waals surface area contributed by atoms with Gasteiger partial charge in [0.25, 0.3) is 0 Å². The van der Waals surface area contributed by atoms with Gasteiger partial charge in [0.15, 0.2) is 0 Å². The Bertz CT molecular complexity index is 212. The molecule has 15 heavy (non-hydrogen) atoms. The van der Waals surface area contributed by atoms with E-state index >= 15 is 0 Å². The molecular formula is C10H25N5. The van der Waals surface area contributed by atoms with E-state index in [9.17, 15) is 0 Å². The van der Waals surface area contributed by atoms with Crippen LogP contribution in [0.4, 0.5) is 0 Å². The molecule has 0 saturated heterocycles. The van der Waals surface area contributed by atoms with Gasteiger partial charge in [0, 0.05) is 7.05 Å². The van der Waals surface area contributed by atoms with Crippen LogP contribution in [0.3, 0.4) is 0 Å². The van der Waals surface area contributed by atoms with Crippen molar-refractivity contribution >= 4 is 0 Å². The second-order valence-corrected chi connectivity index (χ2v) is 3.99. The van der Waals surface area contributed by atoms with Crippen LogP contribution < -0.4 is 22.9 Å². The monoisotopic (exact) mass is 215 g/mol. The Morgan fingerprint density at radius 1 is 1.27 bits per heavy atom. The first-order valence-electron chi connectivity index (χ1n) is 5.40. The topological polar surface area (TPSA) is 107 Å². The predicted octanol–water partition coefficient (Wildman–Crippen LogP) is 0.0320. The highest BCUT2D eigenvalue weighted by Gasteiger charge is 2.13. The molecule has 0 aliphatic rings. The highest BCUT2D eigenvalue weighted by Crippen LogP contribution is 2.15. The summed E-state index contributed by atoms with van der Waals surface area (Å²) in [7, 11) is 1.74. The smallest absolute Gasteiger partial charge is 0.130 e. The van der Waals surface area contributed by atoms with Crippen LogP contribution in [0.1, 0.15) is 33.1 Å². The predicted molar refractivity (Wildman–Crippen MR) is 64.0 cm³/mol. The van der Waals surface area contributed by atoms with E-state index in [4.69, 9.17) is 22.9 Å². The second kappa shape index (κ2) is 6.53. The van der Waals surface area contributed by atoms with Crippen LogP contribution in [0.5, 0.6) is 0 Å². The van der Waals surface area contributed by atoms with E-state index in [0.717, 1.165) is 19.3 Å². The van der Waals surface area contributed by atoms with Gasteiger partial charge in [0.05, 0.1) is 5.70 Å². The molecule has 8 N–H and O–H groups in total. The molecule has 0 bridgehead atoms. The molecule has 0 spiro atoms. The first kappa shape index (κ1) is 14.1. The Labute approximate surface area is 92.5 Å². The van der Waals surface area contributed by atoms with Crippen LogP contribution >= 0.6 is 0 Å². The van der Waals surface area contributed by atoms with E-state index in [1.54, 1.807) is 11.9 Å². The summed E-state index contributed by atoms with van der Waals surface area (Å²) in [5.41, 5.74) is 23.5. The van der Waals surface area contributed by atoms with E-state index in [-0.39, 0.29) is 5.92 Å². The van der Waals surface area contributed by atoms with Crippen molar-refractivity contribution in [3.05, 3.63) is 11.5 Å². The van der Waals surface area contributed by atoms with E-state index in [2.05, 4.69) is 13.8 Å². The molecule has 0 rings (SSSR count). The third-order valence-corrected chi connectivity index (χ3v) is 2.64. The zero-order valence-corrected chi connectivity index (χ0v) is 10.0. The van der Waals surface area contributed by atoms with Crippen LogP contribution in [0.15, 0.2) is 11.5 Å². The summed E-state index contributed by atoms with van der Waals surface area (Å²) < 4.78 is 0. The molecule has 0 amide bonds. The molecule has 0 heterocycles. The number of nitrogens with zero attached hydrogens (tertiary/aromatic N) is 1. The molecular weight excluding hydrogens is 190 g/mol. The van der Waals surface area contributed by atoms with Gasteiger partial charge in [-0.2, -0.15) is 0 Å². The minimum atomic E-state index is -0.609. The number of nitrogens with two attached hydrogens (primary N) is 4. The molecule has 0 fully saturated rings. The standard InChI is InChI=1S/C10H25N5/c1-4-5-6-7(2)8(11)9(12)15(3)10(13)14/h7,10H,4-6,11-14H2,1-3H3/b9-8-. The maximum absolute atomic E-state index is 5.94. The molecule has 90 valence electrons. The number of rotatable bonds is 6. The molecule has 5 heteroatoms. The van der Waals surface area contributed by atoms with E-state index < -0.39 is 6.29 Å². The molecule has 0 aliphatic heterocycles.